The van der Waals surface area contributed by atoms with E-state index in [1.165, 1.54) is 30.5 Å². The van der Waals surface area contributed by atoms with Crippen LogP contribution in [0, 0.1) is 11.6 Å². The number of hydrogen-bond donors (Lipinski definition) is 1. The molecule has 0 unspecified atom stereocenters. The Morgan fingerprint density at radius 1 is 1.21 bits per heavy atom. The zero-order valence-corrected chi connectivity index (χ0v) is 19.0. The molecule has 4 rings (SSSR count). The van der Waals surface area contributed by atoms with E-state index in [1.54, 1.807) is 10.8 Å². The number of nitrogens with one attached hydrogen (secondary N) is 1. The van der Waals surface area contributed by atoms with Gasteiger partial charge in [-0.1, -0.05) is 0 Å². The number of aromatic nitrogens is 2. The second kappa shape index (κ2) is 10.1. The zero-order chi connectivity index (χ0) is 23.4. The lowest BCUT2D eigenvalue weighted by Crippen LogP contribution is -2.36. The van der Waals surface area contributed by atoms with Crippen molar-refractivity contribution in [1.29, 1.82) is 0 Å². The number of nitrogens with zero attached hydrogens (tertiary/aromatic N) is 5. The minimum absolute atomic E-state index is 0.116. The summed E-state index contributed by atoms with van der Waals surface area (Å²) in [5.74, 6) is -2.61. The van der Waals surface area contributed by atoms with Crippen LogP contribution >= 0.6 is 22.7 Å². The van der Waals surface area contributed by atoms with Crippen LogP contribution in [0.1, 0.15) is 23.1 Å². The Bertz CT molecular complexity index is 1190. The summed E-state index contributed by atoms with van der Waals surface area (Å²) in [5.41, 5.74) is 2.86. The van der Waals surface area contributed by atoms with E-state index in [-0.39, 0.29) is 16.5 Å². The number of ether oxygens (including phenoxy) is 1. The first-order valence-corrected chi connectivity index (χ1v) is 11.5. The number of halogens is 2. The summed E-state index contributed by atoms with van der Waals surface area (Å²) in [7, 11) is 0. The summed E-state index contributed by atoms with van der Waals surface area (Å²) in [6, 6.07) is 2.92. The molecule has 1 aliphatic heterocycles. The van der Waals surface area contributed by atoms with E-state index in [0.717, 1.165) is 40.5 Å². The lowest BCUT2D eigenvalue weighted by atomic mass is 10.2. The predicted octanol–water partition coefficient (Wildman–Crippen LogP) is 3.16. The summed E-state index contributed by atoms with van der Waals surface area (Å²) in [6.45, 7) is 3.93. The predicted molar refractivity (Wildman–Crippen MR) is 121 cm³/mol. The summed E-state index contributed by atoms with van der Waals surface area (Å²) in [4.78, 5) is 36.1. The molecule has 2 aromatic heterocycles. The smallest absolute Gasteiger partial charge is 0.290 e. The van der Waals surface area contributed by atoms with Crippen molar-refractivity contribution in [2.24, 2.45) is 5.10 Å². The van der Waals surface area contributed by atoms with E-state index >= 15 is 0 Å². The minimum Gasteiger partial charge on any atom is -0.378 e. The Kier molecular flexibility index (Phi) is 7.01. The number of carbonyl (C=O) groups excluding carboxylic acids is 2. The van der Waals surface area contributed by atoms with Crippen LogP contribution in [0.2, 0.25) is 0 Å². The molecule has 1 N–H and O–H groups in total. The molecule has 0 atom stereocenters. The molecule has 1 aliphatic rings. The molecule has 3 heterocycles. The first kappa shape index (κ1) is 22.9. The van der Waals surface area contributed by atoms with Gasteiger partial charge in [-0.25, -0.2) is 24.2 Å². The second-order valence-electron chi connectivity index (χ2n) is 6.82. The number of benzene rings is 1. The SMILES string of the molecule is CC(=O)N(c1nc(/C=N/NC(=O)c2csc(N3CCOCC3)n2)cs1)c1ccc(F)cc1F. The number of hydrogen-bond acceptors (Lipinski definition) is 9. The highest BCUT2D eigenvalue weighted by Crippen LogP contribution is 2.31. The number of morpholine rings is 1. The second-order valence-corrected chi connectivity index (χ2v) is 8.49. The average molecular weight is 493 g/mol. The van der Waals surface area contributed by atoms with Crippen molar-refractivity contribution in [3.8, 4) is 0 Å². The van der Waals surface area contributed by atoms with Gasteiger partial charge in [0.1, 0.15) is 17.3 Å². The van der Waals surface area contributed by atoms with Crippen LogP contribution in [0.25, 0.3) is 0 Å². The van der Waals surface area contributed by atoms with Gasteiger partial charge in [-0.05, 0) is 12.1 Å². The highest BCUT2D eigenvalue weighted by molar-refractivity contribution is 7.14. The summed E-state index contributed by atoms with van der Waals surface area (Å²) >= 11 is 2.44. The van der Waals surface area contributed by atoms with E-state index in [4.69, 9.17) is 4.74 Å². The van der Waals surface area contributed by atoms with Gasteiger partial charge in [-0.15, -0.1) is 22.7 Å². The van der Waals surface area contributed by atoms with E-state index in [2.05, 4.69) is 25.4 Å². The minimum atomic E-state index is -0.886. The summed E-state index contributed by atoms with van der Waals surface area (Å²) < 4.78 is 32.7. The molecule has 3 aromatic rings. The molecule has 0 radical (unpaired) electrons. The largest absolute Gasteiger partial charge is 0.378 e. The van der Waals surface area contributed by atoms with Crippen molar-refractivity contribution in [3.63, 3.8) is 0 Å². The highest BCUT2D eigenvalue weighted by Gasteiger charge is 2.21. The molecule has 13 heteroatoms. The van der Waals surface area contributed by atoms with Crippen molar-refractivity contribution in [2.75, 3.05) is 36.1 Å². The van der Waals surface area contributed by atoms with Crippen LogP contribution in [-0.4, -0.2) is 54.3 Å². The fraction of sp³-hybridized carbons (Fsp3) is 0.250. The van der Waals surface area contributed by atoms with Crippen molar-refractivity contribution < 1.29 is 23.1 Å². The average Bonchev–Trinajstić information content (AvgIpc) is 3.46. The van der Waals surface area contributed by atoms with Crippen LogP contribution in [0.5, 0.6) is 0 Å². The third kappa shape index (κ3) is 5.38. The number of thiazole rings is 2. The van der Waals surface area contributed by atoms with Crippen molar-refractivity contribution in [3.05, 3.63) is 52.0 Å². The van der Waals surface area contributed by atoms with Gasteiger partial charge in [0.05, 0.1) is 30.8 Å². The third-order valence-electron chi connectivity index (χ3n) is 4.54. The first-order valence-electron chi connectivity index (χ1n) is 9.75. The van der Waals surface area contributed by atoms with Crippen LogP contribution in [-0.2, 0) is 9.53 Å². The Morgan fingerprint density at radius 2 is 2.00 bits per heavy atom. The van der Waals surface area contributed by atoms with E-state index in [1.807, 2.05) is 0 Å². The van der Waals surface area contributed by atoms with E-state index < -0.39 is 23.4 Å². The highest BCUT2D eigenvalue weighted by atomic mass is 32.1. The van der Waals surface area contributed by atoms with Gasteiger partial charge in [0.25, 0.3) is 5.91 Å². The standard InChI is InChI=1S/C20H18F2N6O3S2/c1-12(29)28(17-3-2-13(21)8-15(17)22)20-24-14(10-32-20)9-23-26-18(30)16-11-33-19(25-16)27-4-6-31-7-5-27/h2-3,8-11H,4-7H2,1H3,(H,26,30)/b23-9+. The molecule has 33 heavy (non-hydrogen) atoms. The maximum Gasteiger partial charge on any atom is 0.290 e. The maximum atomic E-state index is 14.2. The summed E-state index contributed by atoms with van der Waals surface area (Å²) in [6.07, 6.45) is 1.30. The topological polar surface area (TPSA) is 100 Å². The van der Waals surface area contributed by atoms with Crippen molar-refractivity contribution in [2.45, 2.75) is 6.92 Å². The normalized spacial score (nSPS) is 14.0. The molecule has 1 aromatic carbocycles. The van der Waals surface area contributed by atoms with Crippen molar-refractivity contribution >= 4 is 56.7 Å². The zero-order valence-electron chi connectivity index (χ0n) is 17.3. The van der Waals surface area contributed by atoms with Gasteiger partial charge in [-0.3, -0.25) is 14.5 Å². The van der Waals surface area contributed by atoms with Crippen LogP contribution in [0.3, 0.4) is 0 Å². The lowest BCUT2D eigenvalue weighted by Gasteiger charge is -2.25. The van der Waals surface area contributed by atoms with Crippen LogP contribution < -0.4 is 15.2 Å². The number of anilines is 3. The Balaban J connectivity index is 1.41. The van der Waals surface area contributed by atoms with Crippen molar-refractivity contribution in [1.82, 2.24) is 15.4 Å². The molecule has 172 valence electrons. The first-order chi connectivity index (χ1) is 15.9. The molecule has 9 nitrogen and oxygen atoms in total. The molecule has 0 saturated carbocycles. The van der Waals surface area contributed by atoms with Gasteiger partial charge < -0.3 is 9.64 Å². The molecular formula is C20H18F2N6O3S2. The number of amides is 2. The Morgan fingerprint density at radius 3 is 2.73 bits per heavy atom. The fourth-order valence-electron chi connectivity index (χ4n) is 2.99. The number of carbonyl (C=O) groups is 2. The van der Waals surface area contributed by atoms with E-state index in [0.29, 0.717) is 25.0 Å². The lowest BCUT2D eigenvalue weighted by molar-refractivity contribution is -0.115. The third-order valence-corrected chi connectivity index (χ3v) is 6.28. The maximum absolute atomic E-state index is 14.2. The van der Waals surface area contributed by atoms with E-state index in [9.17, 15) is 18.4 Å². The molecule has 0 aliphatic carbocycles. The number of hydrazone groups is 1. The Hall–Kier alpha value is -3.29. The quantitative estimate of drug-likeness (QED) is 0.419. The van der Waals surface area contributed by atoms with Crippen LogP contribution in [0.4, 0.5) is 24.7 Å². The molecule has 1 saturated heterocycles. The number of rotatable bonds is 6. The molecular weight excluding hydrogens is 474 g/mol. The van der Waals surface area contributed by atoms with Gasteiger partial charge in [0.15, 0.2) is 10.3 Å². The monoisotopic (exact) mass is 492 g/mol. The molecule has 0 spiro atoms. The van der Waals surface area contributed by atoms with Gasteiger partial charge in [-0.2, -0.15) is 5.10 Å². The fourth-order valence-corrected chi connectivity index (χ4v) is 4.68. The molecule has 1 fully saturated rings. The molecule has 2 amide bonds. The molecule has 0 bridgehead atoms. The van der Waals surface area contributed by atoms with Gasteiger partial charge in [0.2, 0.25) is 5.91 Å². The van der Waals surface area contributed by atoms with Crippen LogP contribution in [0.15, 0.2) is 34.1 Å². The van der Waals surface area contributed by atoms with Gasteiger partial charge >= 0.3 is 0 Å². The Labute approximate surface area is 195 Å². The van der Waals surface area contributed by atoms with Gasteiger partial charge in [0, 0.05) is 36.8 Å². The summed E-state index contributed by atoms with van der Waals surface area (Å²) in [5, 5.41) is 8.04.